The van der Waals surface area contributed by atoms with Gasteiger partial charge in [0.25, 0.3) is 0 Å². The molecule has 0 saturated carbocycles. The second-order valence-electron chi connectivity index (χ2n) is 7.69. The molecule has 1 heterocycles. The minimum atomic E-state index is 0.0608. The fourth-order valence-corrected chi connectivity index (χ4v) is 3.83. The first-order valence-electron chi connectivity index (χ1n) is 10.9. The van der Waals surface area contributed by atoms with Gasteiger partial charge in [-0.2, -0.15) is 0 Å². The number of aliphatic imine (C=N–C) groups is 1. The van der Waals surface area contributed by atoms with Crippen LogP contribution in [-0.4, -0.2) is 75.4 Å². The molecule has 0 amide bonds. The maximum Gasteiger partial charge on any atom is 0.191 e. The fourth-order valence-electron chi connectivity index (χ4n) is 3.83. The van der Waals surface area contributed by atoms with E-state index in [4.69, 9.17) is 0 Å². The average Bonchev–Trinajstić information content (AvgIpc) is 2.82. The molecule has 2 aromatic carbocycles. The molecule has 1 unspecified atom stereocenters. The summed E-state index contributed by atoms with van der Waals surface area (Å²) in [5, 5.41) is 16.4. The number of rotatable bonds is 9. The molecule has 3 N–H and O–H groups in total. The Labute approximate surface area is 180 Å². The number of nitrogens with one attached hydrogen (secondary N) is 2. The molecule has 6 heteroatoms. The quantitative estimate of drug-likeness (QED) is 0.337. The van der Waals surface area contributed by atoms with Crippen molar-refractivity contribution < 1.29 is 5.11 Å². The van der Waals surface area contributed by atoms with Crippen molar-refractivity contribution in [1.29, 1.82) is 0 Å². The second kappa shape index (κ2) is 12.2. The molecule has 1 aliphatic heterocycles. The van der Waals surface area contributed by atoms with Gasteiger partial charge in [0.15, 0.2) is 5.96 Å². The van der Waals surface area contributed by atoms with Gasteiger partial charge in [0, 0.05) is 57.9 Å². The van der Waals surface area contributed by atoms with Crippen LogP contribution in [0.3, 0.4) is 0 Å². The number of guanidine groups is 1. The van der Waals surface area contributed by atoms with E-state index in [1.807, 2.05) is 18.2 Å². The number of anilines is 1. The zero-order valence-electron chi connectivity index (χ0n) is 18.0. The van der Waals surface area contributed by atoms with Gasteiger partial charge in [-0.05, 0) is 30.7 Å². The molecular formula is C24H35N5O. The molecule has 0 radical (unpaired) electrons. The number of aliphatic hydroxyl groups excluding tert-OH is 1. The summed E-state index contributed by atoms with van der Waals surface area (Å²) in [7, 11) is 1.79. The Balaban J connectivity index is 1.32. The fraction of sp³-hybridized carbons (Fsp3) is 0.458. The van der Waals surface area contributed by atoms with Crippen molar-refractivity contribution >= 4 is 11.6 Å². The first-order valence-corrected chi connectivity index (χ1v) is 10.9. The number of hydrogen-bond acceptors (Lipinski definition) is 4. The molecule has 162 valence electrons. The molecule has 0 bridgehead atoms. The normalized spacial score (nSPS) is 16.3. The molecule has 3 rings (SSSR count). The van der Waals surface area contributed by atoms with Crippen molar-refractivity contribution in [1.82, 2.24) is 15.5 Å². The van der Waals surface area contributed by atoms with Gasteiger partial charge in [-0.15, -0.1) is 0 Å². The van der Waals surface area contributed by atoms with E-state index in [2.05, 4.69) is 67.9 Å². The molecule has 1 saturated heterocycles. The van der Waals surface area contributed by atoms with Crippen molar-refractivity contribution in [2.75, 3.05) is 64.4 Å². The van der Waals surface area contributed by atoms with Crippen LogP contribution in [0.2, 0.25) is 0 Å². The Morgan fingerprint density at radius 3 is 2.27 bits per heavy atom. The average molecular weight is 410 g/mol. The minimum Gasteiger partial charge on any atom is -0.396 e. The van der Waals surface area contributed by atoms with Crippen LogP contribution in [0.5, 0.6) is 0 Å². The van der Waals surface area contributed by atoms with Crippen LogP contribution in [0, 0.1) is 0 Å². The predicted octanol–water partition coefficient (Wildman–Crippen LogP) is 2.14. The Hall–Kier alpha value is -2.57. The van der Waals surface area contributed by atoms with Gasteiger partial charge in [0.05, 0.1) is 6.61 Å². The smallest absolute Gasteiger partial charge is 0.191 e. The van der Waals surface area contributed by atoms with E-state index in [0.29, 0.717) is 6.54 Å². The Morgan fingerprint density at radius 2 is 1.63 bits per heavy atom. The van der Waals surface area contributed by atoms with Crippen molar-refractivity contribution in [2.45, 2.75) is 12.3 Å². The lowest BCUT2D eigenvalue weighted by molar-refractivity contribution is 0.255. The lowest BCUT2D eigenvalue weighted by Crippen LogP contribution is -2.47. The van der Waals surface area contributed by atoms with Crippen LogP contribution < -0.4 is 15.5 Å². The molecular weight excluding hydrogens is 374 g/mol. The van der Waals surface area contributed by atoms with Gasteiger partial charge >= 0.3 is 0 Å². The molecule has 0 spiro atoms. The van der Waals surface area contributed by atoms with Crippen LogP contribution in [0.4, 0.5) is 5.69 Å². The third kappa shape index (κ3) is 6.75. The van der Waals surface area contributed by atoms with E-state index >= 15 is 0 Å². The van der Waals surface area contributed by atoms with E-state index in [1.54, 1.807) is 7.05 Å². The van der Waals surface area contributed by atoms with Crippen molar-refractivity contribution in [3.8, 4) is 0 Å². The van der Waals surface area contributed by atoms with E-state index < -0.39 is 0 Å². The summed E-state index contributed by atoms with van der Waals surface area (Å²) >= 11 is 0. The summed E-state index contributed by atoms with van der Waals surface area (Å²) in [5.41, 5.74) is 2.46. The second-order valence-corrected chi connectivity index (χ2v) is 7.69. The first-order chi connectivity index (χ1) is 14.8. The zero-order valence-corrected chi connectivity index (χ0v) is 18.0. The highest BCUT2D eigenvalue weighted by Crippen LogP contribution is 2.15. The third-order valence-electron chi connectivity index (χ3n) is 5.67. The largest absolute Gasteiger partial charge is 0.396 e. The maximum absolute atomic E-state index is 9.71. The molecule has 1 fully saturated rings. The molecule has 2 aromatic rings. The molecule has 0 aromatic heterocycles. The highest BCUT2D eigenvalue weighted by molar-refractivity contribution is 5.79. The van der Waals surface area contributed by atoms with Crippen molar-refractivity contribution in [3.63, 3.8) is 0 Å². The number of para-hydroxylation sites is 1. The number of benzene rings is 2. The number of hydrogen-bond donors (Lipinski definition) is 3. The number of aliphatic hydroxyl groups is 1. The van der Waals surface area contributed by atoms with Gasteiger partial charge in [0.1, 0.15) is 0 Å². The standard InChI is InChI=1S/C24H35N5O/c1-25-24(27-19-22(20-30)21-9-4-2-5-10-21)26-13-8-14-28-15-17-29(18-16-28)23-11-6-3-7-12-23/h2-7,9-12,22,30H,8,13-20H2,1H3,(H2,25,26,27). The number of piperazine rings is 1. The first kappa shape index (κ1) is 22.1. The predicted molar refractivity (Wildman–Crippen MR) is 125 cm³/mol. The lowest BCUT2D eigenvalue weighted by Gasteiger charge is -2.36. The van der Waals surface area contributed by atoms with E-state index in [0.717, 1.165) is 57.2 Å². The minimum absolute atomic E-state index is 0.0608. The Morgan fingerprint density at radius 1 is 0.967 bits per heavy atom. The molecule has 30 heavy (non-hydrogen) atoms. The van der Waals surface area contributed by atoms with Crippen molar-refractivity contribution in [2.24, 2.45) is 4.99 Å². The van der Waals surface area contributed by atoms with Gasteiger partial charge < -0.3 is 20.6 Å². The van der Waals surface area contributed by atoms with E-state index in [-0.39, 0.29) is 12.5 Å². The van der Waals surface area contributed by atoms with Crippen LogP contribution in [0.1, 0.15) is 17.9 Å². The third-order valence-corrected chi connectivity index (χ3v) is 5.67. The highest BCUT2D eigenvalue weighted by atomic mass is 16.3. The lowest BCUT2D eigenvalue weighted by atomic mass is 10.0. The summed E-state index contributed by atoms with van der Waals surface area (Å²) in [6.45, 7) is 7.13. The van der Waals surface area contributed by atoms with Gasteiger partial charge in [0.2, 0.25) is 0 Å². The van der Waals surface area contributed by atoms with Crippen LogP contribution in [-0.2, 0) is 0 Å². The summed E-state index contributed by atoms with van der Waals surface area (Å²) in [6, 6.07) is 20.8. The summed E-state index contributed by atoms with van der Waals surface area (Å²) in [5.74, 6) is 0.851. The van der Waals surface area contributed by atoms with Crippen molar-refractivity contribution in [3.05, 3.63) is 66.2 Å². The van der Waals surface area contributed by atoms with Gasteiger partial charge in [-0.25, -0.2) is 0 Å². The van der Waals surface area contributed by atoms with Crippen LogP contribution in [0.15, 0.2) is 65.7 Å². The SMILES string of the molecule is CN=C(NCCCN1CCN(c2ccccc2)CC1)NCC(CO)c1ccccc1. The van der Waals surface area contributed by atoms with Gasteiger partial charge in [-0.1, -0.05) is 48.5 Å². The monoisotopic (exact) mass is 409 g/mol. The Bertz CT molecular complexity index is 745. The maximum atomic E-state index is 9.71. The molecule has 1 aliphatic rings. The molecule has 1 atom stereocenters. The Kier molecular flexibility index (Phi) is 9.00. The summed E-state index contributed by atoms with van der Waals surface area (Å²) < 4.78 is 0. The summed E-state index contributed by atoms with van der Waals surface area (Å²) in [4.78, 5) is 9.31. The zero-order chi connectivity index (χ0) is 21.0. The van der Waals surface area contributed by atoms with Crippen LogP contribution in [0.25, 0.3) is 0 Å². The topological polar surface area (TPSA) is 63.1 Å². The molecule has 6 nitrogen and oxygen atoms in total. The van der Waals surface area contributed by atoms with Gasteiger partial charge in [-0.3, -0.25) is 9.89 Å². The molecule has 0 aliphatic carbocycles. The van der Waals surface area contributed by atoms with E-state index in [1.165, 1.54) is 5.69 Å². The number of nitrogens with zero attached hydrogens (tertiary/aromatic N) is 3. The highest BCUT2D eigenvalue weighted by Gasteiger charge is 2.16. The van der Waals surface area contributed by atoms with E-state index in [9.17, 15) is 5.11 Å². The summed E-state index contributed by atoms with van der Waals surface area (Å²) in [6.07, 6.45) is 1.08. The van der Waals surface area contributed by atoms with Crippen LogP contribution >= 0.6 is 0 Å².